The van der Waals surface area contributed by atoms with Crippen molar-refractivity contribution in [3.05, 3.63) is 30.7 Å². The van der Waals surface area contributed by atoms with Crippen molar-refractivity contribution in [3.8, 4) is 0 Å². The number of sulfonamides is 1. The first-order valence-corrected chi connectivity index (χ1v) is 8.29. The number of aryl methyl sites for hydroxylation is 1. The molecule has 8 heteroatoms. The highest BCUT2D eigenvalue weighted by Gasteiger charge is 2.20. The Labute approximate surface area is 124 Å². The zero-order valence-corrected chi connectivity index (χ0v) is 12.9. The fraction of sp³-hybridized carbons (Fsp3) is 0.385. The van der Waals surface area contributed by atoms with E-state index in [9.17, 15) is 8.42 Å². The van der Waals surface area contributed by atoms with Crippen LogP contribution >= 0.6 is 0 Å². The van der Waals surface area contributed by atoms with Crippen LogP contribution in [0.15, 0.2) is 35.7 Å². The zero-order chi connectivity index (χ0) is 15.3. The molecule has 0 aliphatic rings. The first-order valence-electron chi connectivity index (χ1n) is 6.81. The number of anilines is 2. The van der Waals surface area contributed by atoms with Gasteiger partial charge in [0.15, 0.2) is 5.03 Å². The molecule has 2 rings (SSSR count). The molecule has 0 radical (unpaired) electrons. The highest BCUT2D eigenvalue weighted by molar-refractivity contribution is 7.92. The largest absolute Gasteiger partial charge is 0.383 e. The molecule has 0 saturated heterocycles. The van der Waals surface area contributed by atoms with E-state index in [-0.39, 0.29) is 5.03 Å². The molecule has 0 bridgehead atoms. The number of nitrogens with zero attached hydrogens (tertiary/aromatic N) is 3. The smallest absolute Gasteiger partial charge is 0.281 e. The van der Waals surface area contributed by atoms with E-state index in [1.165, 1.54) is 12.4 Å². The van der Waals surface area contributed by atoms with Crippen LogP contribution in [0.5, 0.6) is 0 Å². The van der Waals surface area contributed by atoms with Crippen LogP contribution in [0.25, 0.3) is 0 Å². The summed E-state index contributed by atoms with van der Waals surface area (Å²) in [5, 5.41) is 7.10. The van der Waals surface area contributed by atoms with E-state index >= 15 is 0 Å². The molecule has 7 nitrogen and oxygen atoms in total. The molecule has 2 aromatic rings. The van der Waals surface area contributed by atoms with Gasteiger partial charge in [0, 0.05) is 25.5 Å². The van der Waals surface area contributed by atoms with Gasteiger partial charge >= 0.3 is 0 Å². The Morgan fingerprint density at radius 3 is 2.81 bits per heavy atom. The van der Waals surface area contributed by atoms with Crippen molar-refractivity contribution in [2.45, 2.75) is 31.8 Å². The number of hydrogen-bond donors (Lipinski definition) is 2. The Bertz CT molecular complexity index is 696. The van der Waals surface area contributed by atoms with Crippen molar-refractivity contribution in [2.75, 3.05) is 16.6 Å². The van der Waals surface area contributed by atoms with Gasteiger partial charge in [-0.3, -0.25) is 9.40 Å². The Kier molecular flexibility index (Phi) is 4.79. The lowest BCUT2D eigenvalue weighted by Gasteiger charge is -2.11. The molecule has 0 unspecified atom stereocenters. The second kappa shape index (κ2) is 6.57. The monoisotopic (exact) mass is 309 g/mol. The molecule has 0 atom stereocenters. The van der Waals surface area contributed by atoms with E-state index in [2.05, 4.69) is 20.1 Å². The first-order chi connectivity index (χ1) is 10.1. The molecule has 0 amide bonds. The van der Waals surface area contributed by atoms with Crippen LogP contribution in [0.3, 0.4) is 0 Å². The van der Waals surface area contributed by atoms with Crippen LogP contribution in [-0.2, 0) is 16.6 Å². The third kappa shape index (κ3) is 3.72. The molecule has 2 N–H and O–H groups in total. The standard InChI is InChI=1S/C13H19N5O2S/c1-3-7-14-12-6-5-8-15-13(12)21(19,20)17-11-9-16-18(4-2)10-11/h5-6,8-10,14,17H,3-4,7H2,1-2H3. The molecule has 0 spiro atoms. The van der Waals surface area contributed by atoms with Crippen molar-refractivity contribution >= 4 is 21.4 Å². The van der Waals surface area contributed by atoms with Gasteiger partial charge in [-0.1, -0.05) is 6.92 Å². The topological polar surface area (TPSA) is 88.9 Å². The molecule has 21 heavy (non-hydrogen) atoms. The van der Waals surface area contributed by atoms with Gasteiger partial charge in [0.05, 0.1) is 17.6 Å². The summed E-state index contributed by atoms with van der Waals surface area (Å²) in [4.78, 5) is 3.99. The number of hydrogen-bond acceptors (Lipinski definition) is 5. The second-order valence-electron chi connectivity index (χ2n) is 4.47. The number of rotatable bonds is 7. The Morgan fingerprint density at radius 1 is 1.33 bits per heavy atom. The van der Waals surface area contributed by atoms with E-state index in [0.29, 0.717) is 24.5 Å². The summed E-state index contributed by atoms with van der Waals surface area (Å²) < 4.78 is 29.0. The minimum Gasteiger partial charge on any atom is -0.383 e. The van der Waals surface area contributed by atoms with Crippen LogP contribution in [0.2, 0.25) is 0 Å². The number of pyridine rings is 1. The quantitative estimate of drug-likeness (QED) is 0.815. The molecule has 0 saturated carbocycles. The average Bonchev–Trinajstić information content (AvgIpc) is 2.92. The first kappa shape index (κ1) is 15.3. The molecule has 0 fully saturated rings. The van der Waals surface area contributed by atoms with Crippen molar-refractivity contribution in [1.82, 2.24) is 14.8 Å². The maximum absolute atomic E-state index is 12.4. The lowest BCUT2D eigenvalue weighted by atomic mass is 10.4. The van der Waals surface area contributed by atoms with Crippen LogP contribution in [0, 0.1) is 0 Å². The molecular weight excluding hydrogens is 290 g/mol. The third-order valence-electron chi connectivity index (χ3n) is 2.80. The van der Waals surface area contributed by atoms with Gasteiger partial charge in [-0.25, -0.2) is 4.98 Å². The van der Waals surface area contributed by atoms with E-state index in [1.807, 2.05) is 13.8 Å². The van der Waals surface area contributed by atoms with Gasteiger partial charge in [0.1, 0.15) is 0 Å². The van der Waals surface area contributed by atoms with E-state index in [0.717, 1.165) is 6.42 Å². The van der Waals surface area contributed by atoms with Gasteiger partial charge in [0.25, 0.3) is 10.0 Å². The fourth-order valence-electron chi connectivity index (χ4n) is 1.79. The summed E-state index contributed by atoms with van der Waals surface area (Å²) >= 11 is 0. The Balaban J connectivity index is 2.26. The second-order valence-corrected chi connectivity index (χ2v) is 6.07. The number of aromatic nitrogens is 3. The normalized spacial score (nSPS) is 11.3. The molecule has 114 valence electrons. The maximum atomic E-state index is 12.4. The summed E-state index contributed by atoms with van der Waals surface area (Å²) in [6, 6.07) is 3.40. The van der Waals surface area contributed by atoms with Crippen LogP contribution in [-0.4, -0.2) is 29.7 Å². The van der Waals surface area contributed by atoms with Crippen molar-refractivity contribution in [3.63, 3.8) is 0 Å². The maximum Gasteiger partial charge on any atom is 0.281 e. The molecular formula is C13H19N5O2S. The summed E-state index contributed by atoms with van der Waals surface area (Å²) in [5.41, 5.74) is 0.915. The highest BCUT2D eigenvalue weighted by atomic mass is 32.2. The summed E-state index contributed by atoms with van der Waals surface area (Å²) in [6.07, 6.45) is 5.47. The predicted octanol–water partition coefficient (Wildman–Crippen LogP) is 1.92. The summed E-state index contributed by atoms with van der Waals surface area (Å²) in [5.74, 6) is 0. The van der Waals surface area contributed by atoms with Gasteiger partial charge in [-0.15, -0.1) is 0 Å². The fourth-order valence-corrected chi connectivity index (χ4v) is 2.93. The van der Waals surface area contributed by atoms with Crippen molar-refractivity contribution < 1.29 is 8.42 Å². The van der Waals surface area contributed by atoms with Crippen LogP contribution in [0.1, 0.15) is 20.3 Å². The lowest BCUT2D eigenvalue weighted by molar-refractivity contribution is 0.598. The molecule has 0 aliphatic carbocycles. The SMILES string of the molecule is CCCNc1cccnc1S(=O)(=O)Nc1cnn(CC)c1. The van der Waals surface area contributed by atoms with Gasteiger partial charge in [0.2, 0.25) is 0 Å². The Morgan fingerprint density at radius 2 is 2.14 bits per heavy atom. The zero-order valence-electron chi connectivity index (χ0n) is 12.1. The molecule has 0 aliphatic heterocycles. The molecule has 2 heterocycles. The third-order valence-corrected chi connectivity index (χ3v) is 4.14. The highest BCUT2D eigenvalue weighted by Crippen LogP contribution is 2.21. The minimum atomic E-state index is -3.75. The van der Waals surface area contributed by atoms with Crippen LogP contribution < -0.4 is 10.0 Å². The van der Waals surface area contributed by atoms with E-state index < -0.39 is 10.0 Å². The van der Waals surface area contributed by atoms with Crippen LogP contribution in [0.4, 0.5) is 11.4 Å². The Hall–Kier alpha value is -2.09. The molecule has 2 aromatic heterocycles. The lowest BCUT2D eigenvalue weighted by Crippen LogP contribution is -2.17. The van der Waals surface area contributed by atoms with Crippen molar-refractivity contribution in [1.29, 1.82) is 0 Å². The van der Waals surface area contributed by atoms with E-state index in [4.69, 9.17) is 0 Å². The average molecular weight is 309 g/mol. The number of nitrogens with one attached hydrogen (secondary N) is 2. The van der Waals surface area contributed by atoms with Gasteiger partial charge in [-0.05, 0) is 25.5 Å². The van der Waals surface area contributed by atoms with Gasteiger partial charge < -0.3 is 5.32 Å². The summed E-state index contributed by atoms with van der Waals surface area (Å²) in [6.45, 7) is 5.29. The minimum absolute atomic E-state index is 0.0114. The van der Waals surface area contributed by atoms with Gasteiger partial charge in [-0.2, -0.15) is 13.5 Å². The summed E-state index contributed by atoms with van der Waals surface area (Å²) in [7, 11) is -3.75. The van der Waals surface area contributed by atoms with Crippen molar-refractivity contribution in [2.24, 2.45) is 0 Å². The molecule has 0 aromatic carbocycles. The van der Waals surface area contributed by atoms with E-state index in [1.54, 1.807) is 23.0 Å². The predicted molar refractivity (Wildman–Crippen MR) is 81.7 cm³/mol.